The number of rotatable bonds is 5. The Bertz CT molecular complexity index is 79.3. The first-order valence-corrected chi connectivity index (χ1v) is 4.07. The summed E-state index contributed by atoms with van der Waals surface area (Å²) in [6.07, 6.45) is 3.75. The van der Waals surface area contributed by atoms with Gasteiger partial charge in [0.25, 0.3) is 0 Å². The van der Waals surface area contributed by atoms with Crippen LogP contribution < -0.4 is 0 Å². The highest BCUT2D eigenvalue weighted by Gasteiger charge is 2.19. The molecule has 0 atom stereocenters. The highest BCUT2D eigenvalue weighted by molar-refractivity contribution is 4.62. The Labute approximate surface area is 62.9 Å². The van der Waals surface area contributed by atoms with Crippen LogP contribution in [0.3, 0.4) is 0 Å². The number of hydrogen-bond acceptors (Lipinski definition) is 2. The van der Waals surface area contributed by atoms with Gasteiger partial charge in [-0.2, -0.15) is 0 Å². The summed E-state index contributed by atoms with van der Waals surface area (Å²) in [7, 11) is 0. The van der Waals surface area contributed by atoms with E-state index >= 15 is 0 Å². The largest absolute Gasteiger partial charge is 0.366 e. The van der Waals surface area contributed by atoms with Crippen molar-refractivity contribution >= 4 is 0 Å². The van der Waals surface area contributed by atoms with Crippen molar-refractivity contribution in [1.82, 2.24) is 0 Å². The summed E-state index contributed by atoms with van der Waals surface area (Å²) in [4.78, 5) is 0. The van der Waals surface area contributed by atoms with Gasteiger partial charge < -0.3 is 10.2 Å². The Morgan fingerprint density at radius 3 is 2.00 bits per heavy atom. The molecule has 62 valence electrons. The second kappa shape index (κ2) is 4.69. The van der Waals surface area contributed by atoms with E-state index in [0.29, 0.717) is 12.8 Å². The van der Waals surface area contributed by atoms with Crippen molar-refractivity contribution in [3.8, 4) is 0 Å². The lowest BCUT2D eigenvalue weighted by Gasteiger charge is -2.20. The summed E-state index contributed by atoms with van der Waals surface area (Å²) in [5.41, 5.74) is 0. The van der Waals surface area contributed by atoms with Gasteiger partial charge in [0.1, 0.15) is 0 Å². The summed E-state index contributed by atoms with van der Waals surface area (Å²) >= 11 is 0. The van der Waals surface area contributed by atoms with Gasteiger partial charge in [0.15, 0.2) is 5.79 Å². The van der Waals surface area contributed by atoms with Crippen LogP contribution in [0.15, 0.2) is 0 Å². The molecule has 0 aromatic carbocycles. The third kappa shape index (κ3) is 4.77. The van der Waals surface area contributed by atoms with E-state index in [1.165, 1.54) is 0 Å². The van der Waals surface area contributed by atoms with Gasteiger partial charge in [-0.3, -0.25) is 0 Å². The average Bonchev–Trinajstić information content (AvgIpc) is 1.84. The summed E-state index contributed by atoms with van der Waals surface area (Å²) < 4.78 is 0. The monoisotopic (exact) mass is 146 g/mol. The van der Waals surface area contributed by atoms with Crippen molar-refractivity contribution in [2.45, 2.75) is 51.7 Å². The molecule has 2 heteroatoms. The van der Waals surface area contributed by atoms with Crippen molar-refractivity contribution in [1.29, 1.82) is 0 Å². The second-order valence-corrected chi connectivity index (χ2v) is 2.84. The van der Waals surface area contributed by atoms with Crippen LogP contribution in [0.4, 0.5) is 0 Å². The van der Waals surface area contributed by atoms with E-state index in [4.69, 9.17) is 0 Å². The van der Waals surface area contributed by atoms with Crippen molar-refractivity contribution in [2.75, 3.05) is 0 Å². The number of hydrogen-bond donors (Lipinski definition) is 2. The fourth-order valence-electron chi connectivity index (χ4n) is 0.985. The zero-order valence-electron chi connectivity index (χ0n) is 6.93. The van der Waals surface area contributed by atoms with Gasteiger partial charge in [-0.15, -0.1) is 0 Å². The van der Waals surface area contributed by atoms with Crippen molar-refractivity contribution in [3.05, 3.63) is 0 Å². The lowest BCUT2D eigenvalue weighted by Crippen LogP contribution is -2.27. The van der Waals surface area contributed by atoms with E-state index in [9.17, 15) is 10.2 Å². The fraction of sp³-hybridized carbons (Fsp3) is 1.00. The molecule has 0 fully saturated rings. The van der Waals surface area contributed by atoms with E-state index in [-0.39, 0.29) is 0 Å². The van der Waals surface area contributed by atoms with E-state index in [1.807, 2.05) is 13.8 Å². The van der Waals surface area contributed by atoms with Gasteiger partial charge in [-0.1, -0.05) is 26.7 Å². The maximum absolute atomic E-state index is 9.20. The summed E-state index contributed by atoms with van der Waals surface area (Å²) in [5, 5.41) is 18.4. The third-order valence-electron chi connectivity index (χ3n) is 1.58. The van der Waals surface area contributed by atoms with E-state index < -0.39 is 5.79 Å². The molecule has 0 aliphatic rings. The number of aliphatic hydroxyl groups is 2. The molecule has 0 amide bonds. The quantitative estimate of drug-likeness (QED) is 0.579. The van der Waals surface area contributed by atoms with Crippen LogP contribution in [0.5, 0.6) is 0 Å². The standard InChI is InChI=1S/C8H18O2/c1-3-5-7-8(9,10)6-4-2/h9-10H,3-7H2,1-2H3. The second-order valence-electron chi connectivity index (χ2n) is 2.84. The van der Waals surface area contributed by atoms with Gasteiger partial charge in [-0.25, -0.2) is 0 Å². The molecule has 0 spiro atoms. The smallest absolute Gasteiger partial charge is 0.162 e. The zero-order chi connectivity index (χ0) is 8.04. The average molecular weight is 146 g/mol. The van der Waals surface area contributed by atoms with Gasteiger partial charge in [-0.05, 0) is 6.42 Å². The minimum atomic E-state index is -1.40. The molecular weight excluding hydrogens is 128 g/mol. The molecule has 2 N–H and O–H groups in total. The van der Waals surface area contributed by atoms with Gasteiger partial charge in [0.05, 0.1) is 0 Å². The number of unbranched alkanes of at least 4 members (excludes halogenated alkanes) is 1. The molecule has 0 bridgehead atoms. The Morgan fingerprint density at radius 2 is 1.60 bits per heavy atom. The highest BCUT2D eigenvalue weighted by atomic mass is 16.5. The first-order valence-electron chi connectivity index (χ1n) is 4.07. The molecular formula is C8H18O2. The van der Waals surface area contributed by atoms with Crippen LogP contribution in [-0.2, 0) is 0 Å². The molecule has 0 aromatic rings. The fourth-order valence-corrected chi connectivity index (χ4v) is 0.985. The normalized spacial score (nSPS) is 12.0. The van der Waals surface area contributed by atoms with Gasteiger partial charge in [0, 0.05) is 12.8 Å². The SMILES string of the molecule is CCCCC(O)(O)CCC. The lowest BCUT2D eigenvalue weighted by atomic mass is 10.0. The molecule has 2 nitrogen and oxygen atoms in total. The van der Waals surface area contributed by atoms with Gasteiger partial charge >= 0.3 is 0 Å². The Balaban J connectivity index is 3.42. The minimum absolute atomic E-state index is 0.493. The summed E-state index contributed by atoms with van der Waals surface area (Å²) in [6, 6.07) is 0. The minimum Gasteiger partial charge on any atom is -0.366 e. The van der Waals surface area contributed by atoms with Crippen molar-refractivity contribution < 1.29 is 10.2 Å². The topological polar surface area (TPSA) is 40.5 Å². The van der Waals surface area contributed by atoms with Crippen LogP contribution in [0.1, 0.15) is 46.0 Å². The highest BCUT2D eigenvalue weighted by Crippen LogP contribution is 2.16. The first kappa shape index (κ1) is 9.92. The zero-order valence-corrected chi connectivity index (χ0v) is 6.93. The Morgan fingerprint density at radius 1 is 1.00 bits per heavy atom. The third-order valence-corrected chi connectivity index (χ3v) is 1.58. The van der Waals surface area contributed by atoms with Crippen molar-refractivity contribution in [2.24, 2.45) is 0 Å². The summed E-state index contributed by atoms with van der Waals surface area (Å²) in [6.45, 7) is 4.00. The van der Waals surface area contributed by atoms with Crippen LogP contribution in [-0.4, -0.2) is 16.0 Å². The molecule has 0 unspecified atom stereocenters. The Hall–Kier alpha value is -0.0800. The molecule has 0 saturated heterocycles. The molecule has 0 heterocycles. The molecule has 10 heavy (non-hydrogen) atoms. The van der Waals surface area contributed by atoms with Crippen molar-refractivity contribution in [3.63, 3.8) is 0 Å². The molecule has 0 aliphatic carbocycles. The molecule has 0 aromatic heterocycles. The van der Waals surface area contributed by atoms with Crippen LogP contribution in [0.2, 0.25) is 0 Å². The van der Waals surface area contributed by atoms with E-state index in [1.54, 1.807) is 0 Å². The Kier molecular flexibility index (Phi) is 4.65. The molecule has 0 radical (unpaired) electrons. The maximum atomic E-state index is 9.20. The van der Waals surface area contributed by atoms with E-state index in [2.05, 4.69) is 0 Å². The maximum Gasteiger partial charge on any atom is 0.162 e. The van der Waals surface area contributed by atoms with Crippen LogP contribution >= 0.6 is 0 Å². The predicted molar refractivity (Wildman–Crippen MR) is 41.6 cm³/mol. The first-order chi connectivity index (χ1) is 4.62. The van der Waals surface area contributed by atoms with Crippen LogP contribution in [0.25, 0.3) is 0 Å². The molecule has 0 saturated carbocycles. The summed E-state index contributed by atoms with van der Waals surface area (Å²) in [5.74, 6) is -1.40. The van der Waals surface area contributed by atoms with E-state index in [0.717, 1.165) is 19.3 Å². The molecule has 0 rings (SSSR count). The lowest BCUT2D eigenvalue weighted by molar-refractivity contribution is -0.171. The molecule has 0 aliphatic heterocycles. The predicted octanol–water partition coefficient (Wildman–Crippen LogP) is 1.66. The van der Waals surface area contributed by atoms with Crippen LogP contribution in [0, 0.1) is 0 Å². The van der Waals surface area contributed by atoms with Gasteiger partial charge in [0.2, 0.25) is 0 Å².